The molecule has 3 aromatic rings. The van der Waals surface area contributed by atoms with Crippen LogP contribution in [0, 0.1) is 0 Å². The van der Waals surface area contributed by atoms with Crippen molar-refractivity contribution in [2.24, 2.45) is 0 Å². The summed E-state index contributed by atoms with van der Waals surface area (Å²) >= 11 is 0. The van der Waals surface area contributed by atoms with Gasteiger partial charge in [0, 0.05) is 44.0 Å². The van der Waals surface area contributed by atoms with Crippen molar-refractivity contribution in [1.82, 2.24) is 19.5 Å². The first kappa shape index (κ1) is 19.0. The second-order valence-electron chi connectivity index (χ2n) is 8.04. The molecule has 1 aliphatic carbocycles. The minimum atomic E-state index is -0.114. The van der Waals surface area contributed by atoms with E-state index in [4.69, 9.17) is 10.1 Å². The van der Waals surface area contributed by atoms with Crippen LogP contribution in [0.25, 0.3) is 10.9 Å². The average molecular weight is 406 g/mol. The molecule has 0 amide bonds. The van der Waals surface area contributed by atoms with Crippen molar-refractivity contribution in [3.8, 4) is 0 Å². The highest BCUT2D eigenvalue weighted by Crippen LogP contribution is 2.34. The van der Waals surface area contributed by atoms with Crippen molar-refractivity contribution >= 4 is 22.4 Å². The van der Waals surface area contributed by atoms with E-state index in [-0.39, 0.29) is 18.7 Å². The van der Waals surface area contributed by atoms with Gasteiger partial charge in [0.25, 0.3) is 5.56 Å². The number of nitrogens with zero attached hydrogens (tertiary/aromatic N) is 6. The molecule has 1 saturated carbocycles. The topological polar surface area (TPSA) is 87.4 Å². The van der Waals surface area contributed by atoms with E-state index in [1.54, 1.807) is 0 Å². The van der Waals surface area contributed by atoms with E-state index in [1.165, 1.54) is 30.2 Å². The number of benzene rings is 1. The van der Waals surface area contributed by atoms with Gasteiger partial charge in [-0.05, 0) is 37.1 Å². The lowest BCUT2D eigenvalue weighted by atomic mass is 9.85. The molecular weight excluding hydrogens is 380 g/mol. The molecule has 3 heterocycles. The minimum absolute atomic E-state index is 0.0794. The molecule has 0 radical (unpaired) electrons. The van der Waals surface area contributed by atoms with Gasteiger partial charge in [0.2, 0.25) is 0 Å². The lowest BCUT2D eigenvalue weighted by molar-refractivity contribution is 0.274. The van der Waals surface area contributed by atoms with Crippen LogP contribution in [0.2, 0.25) is 0 Å². The maximum Gasteiger partial charge on any atom is 0.261 e. The summed E-state index contributed by atoms with van der Waals surface area (Å²) in [4.78, 5) is 30.9. The summed E-state index contributed by atoms with van der Waals surface area (Å²) in [5.74, 6) is 2.56. The van der Waals surface area contributed by atoms with Crippen molar-refractivity contribution in [3.63, 3.8) is 0 Å². The fourth-order valence-electron chi connectivity index (χ4n) is 4.21. The quantitative estimate of drug-likeness (QED) is 0.691. The molecule has 30 heavy (non-hydrogen) atoms. The zero-order valence-electron chi connectivity index (χ0n) is 16.9. The molecule has 2 aromatic heterocycles. The van der Waals surface area contributed by atoms with Crippen LogP contribution in [-0.2, 0) is 6.54 Å². The summed E-state index contributed by atoms with van der Waals surface area (Å²) in [5.41, 5.74) is 1.65. The Hall–Kier alpha value is -3.00. The van der Waals surface area contributed by atoms with Gasteiger partial charge in [-0.15, -0.1) is 0 Å². The van der Waals surface area contributed by atoms with Gasteiger partial charge in [-0.2, -0.15) is 0 Å². The Morgan fingerprint density at radius 3 is 2.57 bits per heavy atom. The van der Waals surface area contributed by atoms with Crippen LogP contribution >= 0.6 is 0 Å². The third kappa shape index (κ3) is 3.52. The Bertz CT molecular complexity index is 1100. The number of aromatic nitrogens is 4. The zero-order valence-corrected chi connectivity index (χ0v) is 16.9. The largest absolute Gasteiger partial charge is 0.395 e. The first-order chi connectivity index (χ1) is 14.7. The van der Waals surface area contributed by atoms with Crippen molar-refractivity contribution in [1.29, 1.82) is 0 Å². The highest BCUT2D eigenvalue weighted by atomic mass is 16.3. The number of anilines is 2. The van der Waals surface area contributed by atoms with Crippen LogP contribution in [0.3, 0.4) is 0 Å². The molecule has 1 N–H and O–H groups in total. The van der Waals surface area contributed by atoms with Gasteiger partial charge in [-0.25, -0.2) is 15.0 Å². The highest BCUT2D eigenvalue weighted by molar-refractivity contribution is 5.81. The number of fused-ring (bicyclic) bond motifs is 1. The second-order valence-corrected chi connectivity index (χ2v) is 8.04. The Balaban J connectivity index is 1.30. The third-order valence-electron chi connectivity index (χ3n) is 6.25. The summed E-state index contributed by atoms with van der Waals surface area (Å²) in [5, 5.41) is 9.67. The Morgan fingerprint density at radius 1 is 1.03 bits per heavy atom. The van der Waals surface area contributed by atoms with E-state index in [2.05, 4.69) is 19.8 Å². The molecule has 8 heteroatoms. The van der Waals surface area contributed by atoms with E-state index in [0.717, 1.165) is 43.5 Å². The maximum atomic E-state index is 12.5. The monoisotopic (exact) mass is 406 g/mol. The Kier molecular flexibility index (Phi) is 5.08. The van der Waals surface area contributed by atoms with Crippen LogP contribution in [0.5, 0.6) is 0 Å². The fourth-order valence-corrected chi connectivity index (χ4v) is 4.21. The van der Waals surface area contributed by atoms with Crippen molar-refractivity contribution in [3.05, 3.63) is 53.0 Å². The van der Waals surface area contributed by atoms with E-state index >= 15 is 0 Å². The Morgan fingerprint density at radius 2 is 1.83 bits per heavy atom. The number of hydrogen-bond acceptors (Lipinski definition) is 7. The normalized spacial score (nSPS) is 17.4. The van der Waals surface area contributed by atoms with Crippen molar-refractivity contribution in [2.75, 3.05) is 42.6 Å². The van der Waals surface area contributed by atoms with E-state index < -0.39 is 0 Å². The molecule has 5 rings (SSSR count). The second kappa shape index (κ2) is 8.02. The lowest BCUT2D eigenvalue weighted by Gasteiger charge is -2.37. The first-order valence-electron chi connectivity index (χ1n) is 10.7. The molecule has 2 aliphatic rings. The van der Waals surface area contributed by atoms with Gasteiger partial charge in [0.05, 0.1) is 30.4 Å². The lowest BCUT2D eigenvalue weighted by Crippen LogP contribution is -2.47. The smallest absolute Gasteiger partial charge is 0.261 e. The fraction of sp³-hybridized carbons (Fsp3) is 0.455. The van der Waals surface area contributed by atoms with Crippen molar-refractivity contribution < 1.29 is 5.11 Å². The van der Waals surface area contributed by atoms with Crippen LogP contribution in [0.15, 0.2) is 41.6 Å². The molecule has 156 valence electrons. The summed E-state index contributed by atoms with van der Waals surface area (Å²) in [7, 11) is 0. The van der Waals surface area contributed by atoms with Crippen LogP contribution in [0.1, 0.15) is 31.0 Å². The number of hydrogen-bond donors (Lipinski definition) is 1. The molecule has 8 nitrogen and oxygen atoms in total. The molecule has 0 atom stereocenters. The van der Waals surface area contributed by atoms with Gasteiger partial charge in [0.1, 0.15) is 11.6 Å². The number of piperazine rings is 1. The molecule has 0 bridgehead atoms. The molecule has 2 fully saturated rings. The van der Waals surface area contributed by atoms with Gasteiger partial charge < -0.3 is 14.9 Å². The van der Waals surface area contributed by atoms with Crippen LogP contribution in [-0.4, -0.2) is 57.4 Å². The summed E-state index contributed by atoms with van der Waals surface area (Å²) in [6.45, 7) is 3.74. The van der Waals surface area contributed by atoms with E-state index in [1.807, 2.05) is 30.5 Å². The number of aliphatic hydroxyl groups excluding tert-OH is 1. The molecule has 0 spiro atoms. The predicted octanol–water partition coefficient (Wildman–Crippen LogP) is 1.77. The third-order valence-corrected chi connectivity index (χ3v) is 6.25. The summed E-state index contributed by atoms with van der Waals surface area (Å²) < 4.78 is 1.44. The van der Waals surface area contributed by atoms with Crippen LogP contribution < -0.4 is 15.4 Å². The first-order valence-corrected chi connectivity index (χ1v) is 10.7. The molecular formula is C22H26N6O2. The molecule has 1 aromatic carbocycles. The van der Waals surface area contributed by atoms with E-state index in [9.17, 15) is 4.79 Å². The maximum absolute atomic E-state index is 12.5. The standard InChI is InChI=1S/C22H26N6O2/c29-13-12-28-15-24-19-14-17(4-5-18(19)22(28)30)26-8-10-27(11-9-26)20-6-7-23-21(25-20)16-2-1-3-16/h4-7,14-16,29H,1-3,8-13H2. The Labute approximate surface area is 174 Å². The van der Waals surface area contributed by atoms with Crippen molar-refractivity contribution in [2.45, 2.75) is 31.7 Å². The average Bonchev–Trinajstić information content (AvgIpc) is 2.75. The number of rotatable bonds is 5. The minimum Gasteiger partial charge on any atom is -0.395 e. The SMILES string of the molecule is O=c1c2ccc(N3CCN(c4ccnc(C5CCC5)n4)CC3)cc2ncn1CCO. The predicted molar refractivity (Wildman–Crippen MR) is 116 cm³/mol. The molecule has 1 saturated heterocycles. The molecule has 1 aliphatic heterocycles. The van der Waals surface area contributed by atoms with Gasteiger partial charge >= 0.3 is 0 Å². The summed E-state index contributed by atoms with van der Waals surface area (Å²) in [6.07, 6.45) is 7.10. The highest BCUT2D eigenvalue weighted by Gasteiger charge is 2.24. The van der Waals surface area contributed by atoms with Gasteiger partial charge in [-0.1, -0.05) is 6.42 Å². The van der Waals surface area contributed by atoms with E-state index in [0.29, 0.717) is 16.8 Å². The van der Waals surface area contributed by atoms with Gasteiger partial charge in [0.15, 0.2) is 0 Å². The zero-order chi connectivity index (χ0) is 20.5. The number of aliphatic hydroxyl groups is 1. The summed E-state index contributed by atoms with van der Waals surface area (Å²) in [6, 6.07) is 7.82. The molecule has 0 unspecified atom stereocenters. The van der Waals surface area contributed by atoms with Gasteiger partial charge in [-0.3, -0.25) is 9.36 Å². The van der Waals surface area contributed by atoms with Crippen LogP contribution in [0.4, 0.5) is 11.5 Å².